The van der Waals surface area contributed by atoms with E-state index in [9.17, 15) is 4.79 Å². The fourth-order valence-electron chi connectivity index (χ4n) is 1.59. The van der Waals surface area contributed by atoms with Gasteiger partial charge < -0.3 is 4.90 Å². The van der Waals surface area contributed by atoms with Crippen LogP contribution in [0.5, 0.6) is 0 Å². The summed E-state index contributed by atoms with van der Waals surface area (Å²) in [7, 11) is 0. The molecule has 94 valence electrons. The summed E-state index contributed by atoms with van der Waals surface area (Å²) < 4.78 is 0. The zero-order valence-corrected chi connectivity index (χ0v) is 11.6. The monoisotopic (exact) mass is 252 g/mol. The maximum absolute atomic E-state index is 11.9. The number of thiazole rings is 1. The minimum atomic E-state index is 0.0827. The van der Waals surface area contributed by atoms with Crippen molar-refractivity contribution in [2.75, 3.05) is 13.1 Å². The molecule has 17 heavy (non-hydrogen) atoms. The van der Waals surface area contributed by atoms with Crippen LogP contribution in [0.25, 0.3) is 6.08 Å². The number of amides is 1. The maximum atomic E-state index is 11.9. The van der Waals surface area contributed by atoms with Gasteiger partial charge in [-0.2, -0.15) is 0 Å². The highest BCUT2D eigenvalue weighted by Gasteiger charge is 2.07. The molecule has 4 heteroatoms. The number of hydrogen-bond acceptors (Lipinski definition) is 3. The Labute approximate surface area is 107 Å². The van der Waals surface area contributed by atoms with Crippen LogP contribution in [0.4, 0.5) is 0 Å². The Hall–Kier alpha value is -1.16. The first-order chi connectivity index (χ1) is 8.17. The van der Waals surface area contributed by atoms with Gasteiger partial charge in [0.05, 0.1) is 10.7 Å². The van der Waals surface area contributed by atoms with Crippen LogP contribution in [-0.4, -0.2) is 28.9 Å². The van der Waals surface area contributed by atoms with Gasteiger partial charge in [-0.05, 0) is 25.8 Å². The molecule has 0 aliphatic rings. The van der Waals surface area contributed by atoms with Gasteiger partial charge in [0, 0.05) is 24.5 Å². The topological polar surface area (TPSA) is 33.2 Å². The normalized spacial score (nSPS) is 11.0. The zero-order chi connectivity index (χ0) is 12.7. The van der Waals surface area contributed by atoms with Crippen molar-refractivity contribution in [3.05, 3.63) is 22.2 Å². The minimum Gasteiger partial charge on any atom is -0.339 e. The molecule has 0 radical (unpaired) electrons. The van der Waals surface area contributed by atoms with Gasteiger partial charge in [-0.3, -0.25) is 4.79 Å². The minimum absolute atomic E-state index is 0.0827. The van der Waals surface area contributed by atoms with Crippen molar-refractivity contribution >= 4 is 23.3 Å². The molecule has 0 saturated carbocycles. The van der Waals surface area contributed by atoms with E-state index in [4.69, 9.17) is 0 Å². The summed E-state index contributed by atoms with van der Waals surface area (Å²) in [6.07, 6.45) is 5.41. The molecule has 1 aromatic rings. The number of aromatic nitrogens is 1. The molecule has 0 aromatic carbocycles. The Kier molecular flexibility index (Phi) is 5.91. The Morgan fingerprint density at radius 2 is 2.06 bits per heavy atom. The van der Waals surface area contributed by atoms with Crippen molar-refractivity contribution in [2.45, 2.75) is 33.6 Å². The van der Waals surface area contributed by atoms with Gasteiger partial charge >= 0.3 is 0 Å². The van der Waals surface area contributed by atoms with Crippen LogP contribution in [0.3, 0.4) is 0 Å². The molecular formula is C13H20N2OS. The van der Waals surface area contributed by atoms with Crippen LogP contribution in [0.2, 0.25) is 0 Å². The van der Waals surface area contributed by atoms with E-state index in [1.807, 2.05) is 17.2 Å². The molecule has 0 aliphatic carbocycles. The van der Waals surface area contributed by atoms with Crippen LogP contribution in [0.1, 0.15) is 37.4 Å². The number of nitrogens with zero attached hydrogens (tertiary/aromatic N) is 2. The summed E-state index contributed by atoms with van der Waals surface area (Å²) in [5.74, 6) is 0.0827. The molecule has 0 unspecified atom stereocenters. The lowest BCUT2D eigenvalue weighted by Gasteiger charge is -2.19. The van der Waals surface area contributed by atoms with E-state index in [-0.39, 0.29) is 5.91 Å². The Morgan fingerprint density at radius 3 is 2.53 bits per heavy atom. The number of hydrogen-bond donors (Lipinski definition) is 0. The van der Waals surface area contributed by atoms with Crippen molar-refractivity contribution in [2.24, 2.45) is 0 Å². The molecule has 1 heterocycles. The van der Waals surface area contributed by atoms with Crippen LogP contribution in [-0.2, 0) is 4.79 Å². The second-order valence-corrected chi connectivity index (χ2v) is 5.01. The number of carbonyl (C=O) groups is 1. The molecule has 0 spiro atoms. The van der Waals surface area contributed by atoms with Crippen LogP contribution in [0, 0.1) is 6.92 Å². The Morgan fingerprint density at radius 1 is 1.41 bits per heavy atom. The summed E-state index contributed by atoms with van der Waals surface area (Å²) in [5, 5.41) is 2.99. The van der Waals surface area contributed by atoms with Crippen molar-refractivity contribution in [3.8, 4) is 0 Å². The first-order valence-electron chi connectivity index (χ1n) is 6.06. The van der Waals surface area contributed by atoms with E-state index in [2.05, 4.69) is 18.8 Å². The predicted octanol–water partition coefficient (Wildman–Crippen LogP) is 3.11. The van der Waals surface area contributed by atoms with Gasteiger partial charge in [0.2, 0.25) is 5.91 Å². The average molecular weight is 252 g/mol. The zero-order valence-electron chi connectivity index (χ0n) is 10.8. The fourth-order valence-corrected chi connectivity index (χ4v) is 2.17. The third kappa shape index (κ3) is 4.69. The summed E-state index contributed by atoms with van der Waals surface area (Å²) >= 11 is 1.60. The molecule has 0 atom stereocenters. The average Bonchev–Trinajstić information content (AvgIpc) is 2.72. The first kappa shape index (κ1) is 13.9. The SMILES string of the molecule is CCCN(CCC)C(=O)C=Cc1csc(C)n1. The van der Waals surface area contributed by atoms with E-state index in [0.717, 1.165) is 36.6 Å². The van der Waals surface area contributed by atoms with Crippen molar-refractivity contribution in [1.82, 2.24) is 9.88 Å². The second-order valence-electron chi connectivity index (χ2n) is 3.95. The standard InChI is InChI=1S/C13H20N2OS/c1-4-8-15(9-5-2)13(16)7-6-12-10-17-11(3)14-12/h6-7,10H,4-5,8-9H2,1-3H3. The van der Waals surface area contributed by atoms with E-state index in [1.165, 1.54) is 0 Å². The molecule has 0 N–H and O–H groups in total. The number of carbonyl (C=O) groups excluding carboxylic acids is 1. The summed E-state index contributed by atoms with van der Waals surface area (Å²) in [6.45, 7) is 7.79. The first-order valence-corrected chi connectivity index (χ1v) is 6.94. The van der Waals surface area contributed by atoms with E-state index in [1.54, 1.807) is 23.5 Å². The summed E-state index contributed by atoms with van der Waals surface area (Å²) in [4.78, 5) is 18.1. The lowest BCUT2D eigenvalue weighted by Crippen LogP contribution is -2.30. The van der Waals surface area contributed by atoms with Gasteiger partial charge in [0.25, 0.3) is 0 Å². The smallest absolute Gasteiger partial charge is 0.246 e. The molecule has 1 rings (SSSR count). The second kappa shape index (κ2) is 7.22. The molecule has 0 aliphatic heterocycles. The highest BCUT2D eigenvalue weighted by Crippen LogP contribution is 2.09. The van der Waals surface area contributed by atoms with E-state index < -0.39 is 0 Å². The van der Waals surface area contributed by atoms with Gasteiger partial charge in [-0.25, -0.2) is 4.98 Å². The summed E-state index contributed by atoms with van der Waals surface area (Å²) in [5.41, 5.74) is 0.869. The van der Waals surface area contributed by atoms with Gasteiger partial charge in [0.15, 0.2) is 0 Å². The highest BCUT2D eigenvalue weighted by molar-refractivity contribution is 7.09. The highest BCUT2D eigenvalue weighted by atomic mass is 32.1. The molecule has 1 aromatic heterocycles. The number of rotatable bonds is 6. The molecule has 1 amide bonds. The molecule has 0 saturated heterocycles. The van der Waals surface area contributed by atoms with Crippen molar-refractivity contribution < 1.29 is 4.79 Å². The lowest BCUT2D eigenvalue weighted by atomic mass is 10.3. The Bertz CT molecular complexity index is 379. The van der Waals surface area contributed by atoms with Crippen LogP contribution in [0.15, 0.2) is 11.5 Å². The molecule has 0 bridgehead atoms. The van der Waals surface area contributed by atoms with Crippen molar-refractivity contribution in [1.29, 1.82) is 0 Å². The third-order valence-electron chi connectivity index (χ3n) is 2.33. The largest absolute Gasteiger partial charge is 0.339 e. The van der Waals surface area contributed by atoms with Crippen molar-refractivity contribution in [3.63, 3.8) is 0 Å². The van der Waals surface area contributed by atoms with Crippen LogP contribution >= 0.6 is 11.3 Å². The molecule has 3 nitrogen and oxygen atoms in total. The number of aryl methyl sites for hydroxylation is 1. The predicted molar refractivity (Wildman–Crippen MR) is 73.0 cm³/mol. The quantitative estimate of drug-likeness (QED) is 0.729. The van der Waals surface area contributed by atoms with E-state index in [0.29, 0.717) is 0 Å². The third-order valence-corrected chi connectivity index (χ3v) is 3.12. The van der Waals surface area contributed by atoms with Gasteiger partial charge in [-0.15, -0.1) is 11.3 Å². The fraction of sp³-hybridized carbons (Fsp3) is 0.538. The maximum Gasteiger partial charge on any atom is 0.246 e. The van der Waals surface area contributed by atoms with Crippen LogP contribution < -0.4 is 0 Å². The van der Waals surface area contributed by atoms with Gasteiger partial charge in [-0.1, -0.05) is 13.8 Å². The van der Waals surface area contributed by atoms with E-state index >= 15 is 0 Å². The van der Waals surface area contributed by atoms with Gasteiger partial charge in [0.1, 0.15) is 0 Å². The summed E-state index contributed by atoms with van der Waals surface area (Å²) in [6, 6.07) is 0. The lowest BCUT2D eigenvalue weighted by molar-refractivity contribution is -0.126. The molecule has 0 fully saturated rings. The Balaban J connectivity index is 2.59. The molecular weight excluding hydrogens is 232 g/mol.